The van der Waals surface area contributed by atoms with Gasteiger partial charge in [-0.05, 0) is 18.2 Å². The van der Waals surface area contributed by atoms with E-state index >= 15 is 0 Å². The molecule has 0 bridgehead atoms. The number of carboxylic acid groups (broad SMARTS) is 1. The van der Waals surface area contributed by atoms with E-state index in [-0.39, 0.29) is 17.0 Å². The Kier molecular flexibility index (Phi) is 3.19. The van der Waals surface area contributed by atoms with E-state index in [4.69, 9.17) is 5.11 Å². The number of benzene rings is 1. The molecular formula is C14H9FN2O3S. The van der Waals surface area contributed by atoms with E-state index < -0.39 is 11.8 Å². The molecule has 106 valence electrons. The van der Waals surface area contributed by atoms with Gasteiger partial charge < -0.3 is 15.2 Å². The third kappa shape index (κ3) is 2.50. The summed E-state index contributed by atoms with van der Waals surface area (Å²) in [6, 6.07) is 5.33. The zero-order chi connectivity index (χ0) is 15.0. The molecule has 7 heteroatoms. The van der Waals surface area contributed by atoms with Crippen LogP contribution in [0.15, 0.2) is 35.8 Å². The number of hydrogen-bond acceptors (Lipinski definition) is 4. The fraction of sp³-hybridized carbons (Fsp3) is 0. The van der Waals surface area contributed by atoms with Gasteiger partial charge in [-0.1, -0.05) is 0 Å². The number of halogens is 1. The molecule has 0 aliphatic carbocycles. The van der Waals surface area contributed by atoms with Crippen molar-refractivity contribution in [1.29, 1.82) is 0 Å². The third-order valence-corrected chi connectivity index (χ3v) is 3.77. The van der Waals surface area contributed by atoms with E-state index in [1.807, 2.05) is 0 Å². The summed E-state index contributed by atoms with van der Waals surface area (Å²) in [5.74, 6) is -1.76. The first-order valence-corrected chi connectivity index (χ1v) is 6.79. The van der Waals surface area contributed by atoms with Crippen LogP contribution in [-0.2, 0) is 0 Å². The van der Waals surface area contributed by atoms with E-state index in [2.05, 4.69) is 9.97 Å². The van der Waals surface area contributed by atoms with Crippen LogP contribution >= 0.6 is 11.3 Å². The number of aromatic carboxylic acids is 1. The number of H-pyrrole nitrogens is 1. The first-order chi connectivity index (χ1) is 10.0. The summed E-state index contributed by atoms with van der Waals surface area (Å²) in [6.45, 7) is 0. The monoisotopic (exact) mass is 304 g/mol. The molecule has 3 N–H and O–H groups in total. The predicted octanol–water partition coefficient (Wildman–Crippen LogP) is 3.35. The first-order valence-electron chi connectivity index (χ1n) is 5.91. The van der Waals surface area contributed by atoms with Crippen LogP contribution in [-0.4, -0.2) is 26.2 Å². The molecule has 5 nitrogen and oxygen atoms in total. The summed E-state index contributed by atoms with van der Waals surface area (Å²) in [4.78, 5) is 17.8. The molecule has 0 amide bonds. The molecule has 0 fully saturated rings. The van der Waals surface area contributed by atoms with Gasteiger partial charge in [0.05, 0.1) is 5.69 Å². The average molecular weight is 304 g/mol. The average Bonchev–Trinajstić information content (AvgIpc) is 3.07. The van der Waals surface area contributed by atoms with Crippen molar-refractivity contribution in [2.24, 2.45) is 0 Å². The number of carboxylic acids is 1. The van der Waals surface area contributed by atoms with Gasteiger partial charge in [-0.3, -0.25) is 0 Å². The van der Waals surface area contributed by atoms with Crippen LogP contribution in [0.5, 0.6) is 5.75 Å². The van der Waals surface area contributed by atoms with Crippen molar-refractivity contribution in [2.45, 2.75) is 0 Å². The van der Waals surface area contributed by atoms with Gasteiger partial charge >= 0.3 is 5.97 Å². The highest BCUT2D eigenvalue weighted by molar-refractivity contribution is 7.13. The summed E-state index contributed by atoms with van der Waals surface area (Å²) in [5.41, 5.74) is 1.54. The van der Waals surface area contributed by atoms with Crippen LogP contribution in [0.3, 0.4) is 0 Å². The Bertz CT molecular complexity index is 825. The van der Waals surface area contributed by atoms with Crippen molar-refractivity contribution in [3.05, 3.63) is 47.4 Å². The van der Waals surface area contributed by atoms with Crippen LogP contribution in [0.4, 0.5) is 4.39 Å². The van der Waals surface area contributed by atoms with Crippen LogP contribution in [0, 0.1) is 5.82 Å². The Morgan fingerprint density at radius 2 is 2.14 bits per heavy atom. The number of hydrogen-bond donors (Lipinski definition) is 3. The van der Waals surface area contributed by atoms with Crippen molar-refractivity contribution in [2.75, 3.05) is 0 Å². The first kappa shape index (κ1) is 13.3. The van der Waals surface area contributed by atoms with Crippen molar-refractivity contribution in [1.82, 2.24) is 9.97 Å². The van der Waals surface area contributed by atoms with Gasteiger partial charge in [0.1, 0.15) is 22.3 Å². The lowest BCUT2D eigenvalue weighted by Gasteiger charge is -1.99. The Morgan fingerprint density at radius 1 is 1.33 bits per heavy atom. The number of phenols is 1. The molecule has 0 unspecified atom stereocenters. The largest absolute Gasteiger partial charge is 0.508 e. The molecule has 3 aromatic rings. The minimum absolute atomic E-state index is 0.0652. The standard InChI is InChI=1S/C14H9FN2O3S/c15-10-4-8(18)1-2-9(10)13-17-12(6-21-13)7-3-11(14(19)20)16-5-7/h1-6,16,18H,(H,19,20). The zero-order valence-corrected chi connectivity index (χ0v) is 11.3. The minimum atomic E-state index is -1.05. The number of nitrogens with one attached hydrogen (secondary N) is 1. The van der Waals surface area contributed by atoms with Crippen LogP contribution in [0.2, 0.25) is 0 Å². The number of nitrogens with zero attached hydrogens (tertiary/aromatic N) is 1. The van der Waals surface area contributed by atoms with Crippen molar-refractivity contribution < 1.29 is 19.4 Å². The highest BCUT2D eigenvalue weighted by atomic mass is 32.1. The molecule has 2 heterocycles. The Morgan fingerprint density at radius 3 is 2.81 bits per heavy atom. The maximum atomic E-state index is 13.8. The van der Waals surface area contributed by atoms with Crippen LogP contribution in [0.1, 0.15) is 10.5 Å². The quantitative estimate of drug-likeness (QED) is 0.692. The van der Waals surface area contributed by atoms with E-state index in [1.165, 1.54) is 35.7 Å². The number of phenolic OH excluding ortho intramolecular Hbond substituents is 1. The van der Waals surface area contributed by atoms with Crippen molar-refractivity contribution in [3.63, 3.8) is 0 Å². The van der Waals surface area contributed by atoms with Crippen LogP contribution < -0.4 is 0 Å². The second-order valence-corrected chi connectivity index (χ2v) is 5.17. The van der Waals surface area contributed by atoms with E-state index in [0.717, 1.165) is 6.07 Å². The fourth-order valence-electron chi connectivity index (χ4n) is 1.87. The molecule has 0 atom stereocenters. The lowest BCUT2D eigenvalue weighted by atomic mass is 10.2. The molecule has 1 aromatic carbocycles. The fourth-order valence-corrected chi connectivity index (χ4v) is 2.73. The topological polar surface area (TPSA) is 86.2 Å². The van der Waals surface area contributed by atoms with Gasteiger partial charge in [0.2, 0.25) is 0 Å². The van der Waals surface area contributed by atoms with Gasteiger partial charge in [-0.15, -0.1) is 11.3 Å². The summed E-state index contributed by atoms with van der Waals surface area (Å²) in [6.07, 6.45) is 1.54. The van der Waals surface area contributed by atoms with Gasteiger partial charge in [0, 0.05) is 28.8 Å². The normalized spacial score (nSPS) is 10.7. The van der Waals surface area contributed by atoms with Gasteiger partial charge in [-0.2, -0.15) is 0 Å². The second kappa shape index (κ2) is 5.02. The molecule has 0 radical (unpaired) electrons. The Balaban J connectivity index is 1.97. The molecule has 0 saturated heterocycles. The highest BCUT2D eigenvalue weighted by Crippen LogP contribution is 2.31. The van der Waals surface area contributed by atoms with Gasteiger partial charge in [-0.25, -0.2) is 14.2 Å². The molecule has 21 heavy (non-hydrogen) atoms. The van der Waals surface area contributed by atoms with Gasteiger partial charge in [0.15, 0.2) is 0 Å². The second-order valence-electron chi connectivity index (χ2n) is 4.31. The molecule has 0 spiro atoms. The highest BCUT2D eigenvalue weighted by Gasteiger charge is 2.13. The lowest BCUT2D eigenvalue weighted by molar-refractivity contribution is 0.0691. The lowest BCUT2D eigenvalue weighted by Crippen LogP contribution is -1.94. The SMILES string of the molecule is O=C(O)c1cc(-c2csc(-c3ccc(O)cc3F)n2)c[nH]1. The number of aromatic hydroxyl groups is 1. The maximum absolute atomic E-state index is 13.8. The smallest absolute Gasteiger partial charge is 0.352 e. The molecule has 3 rings (SSSR count). The molecule has 0 saturated carbocycles. The summed E-state index contributed by atoms with van der Waals surface area (Å²) in [5, 5.41) is 20.3. The number of rotatable bonds is 3. The minimum Gasteiger partial charge on any atom is -0.508 e. The van der Waals surface area contributed by atoms with Crippen molar-refractivity contribution in [3.8, 4) is 27.6 Å². The predicted molar refractivity (Wildman–Crippen MR) is 75.9 cm³/mol. The van der Waals surface area contributed by atoms with E-state index in [1.54, 1.807) is 5.38 Å². The Labute approximate surface area is 122 Å². The van der Waals surface area contributed by atoms with Crippen molar-refractivity contribution >= 4 is 17.3 Å². The van der Waals surface area contributed by atoms with E-state index in [9.17, 15) is 14.3 Å². The molecular weight excluding hydrogens is 295 g/mol. The number of aromatic nitrogens is 2. The summed E-state index contributed by atoms with van der Waals surface area (Å²) >= 11 is 1.24. The van der Waals surface area contributed by atoms with Gasteiger partial charge in [0.25, 0.3) is 0 Å². The number of thiazole rings is 1. The van der Waals surface area contributed by atoms with Crippen LogP contribution in [0.25, 0.3) is 21.8 Å². The number of carbonyl (C=O) groups is 1. The molecule has 2 aromatic heterocycles. The maximum Gasteiger partial charge on any atom is 0.352 e. The molecule has 0 aliphatic heterocycles. The summed E-state index contributed by atoms with van der Waals surface area (Å²) in [7, 11) is 0. The number of aromatic amines is 1. The van der Waals surface area contributed by atoms with E-state index in [0.29, 0.717) is 16.3 Å². The third-order valence-electron chi connectivity index (χ3n) is 2.90. The summed E-state index contributed by atoms with van der Waals surface area (Å²) < 4.78 is 13.8. The Hall–Kier alpha value is -2.67. The molecule has 0 aliphatic rings. The zero-order valence-electron chi connectivity index (χ0n) is 10.5.